The summed E-state index contributed by atoms with van der Waals surface area (Å²) in [6.07, 6.45) is 2.90. The van der Waals surface area contributed by atoms with Gasteiger partial charge in [-0.15, -0.1) is 10.2 Å². The molecule has 0 saturated carbocycles. The second kappa shape index (κ2) is 4.28. The molecule has 0 unspecified atom stereocenters. The molecule has 0 radical (unpaired) electrons. The lowest BCUT2D eigenvalue weighted by Gasteiger charge is -2.07. The topological polar surface area (TPSA) is 33.4 Å². The Labute approximate surface area is 97.0 Å². The van der Waals surface area contributed by atoms with Gasteiger partial charge in [-0.1, -0.05) is 15.9 Å². The molecule has 2 aromatic heterocycles. The van der Waals surface area contributed by atoms with Gasteiger partial charge in [-0.2, -0.15) is 0 Å². The third kappa shape index (κ3) is 2.35. The van der Waals surface area contributed by atoms with E-state index >= 15 is 0 Å². The number of hydrogen-bond donors (Lipinski definition) is 0. The van der Waals surface area contributed by atoms with E-state index in [0.29, 0.717) is 0 Å². The van der Waals surface area contributed by atoms with Crippen LogP contribution in [-0.4, -0.2) is 40.1 Å². The molecule has 0 fully saturated rings. The van der Waals surface area contributed by atoms with Gasteiger partial charge in [-0.05, 0) is 26.2 Å². The Morgan fingerprint density at radius 1 is 1.40 bits per heavy atom. The van der Waals surface area contributed by atoms with E-state index in [1.165, 1.54) is 0 Å². The maximum Gasteiger partial charge on any atom is 0.161 e. The molecule has 15 heavy (non-hydrogen) atoms. The minimum Gasteiger partial charge on any atom is -0.309 e. The van der Waals surface area contributed by atoms with E-state index in [1.807, 2.05) is 22.7 Å². The molecule has 0 saturated heterocycles. The Hall–Kier alpha value is -0.940. The number of aromatic nitrogens is 3. The van der Waals surface area contributed by atoms with Gasteiger partial charge in [0.25, 0.3) is 0 Å². The van der Waals surface area contributed by atoms with Crippen LogP contribution in [0.25, 0.3) is 5.65 Å². The number of likely N-dealkylation sites (N-methyl/N-ethyl adjacent to an activating group) is 1. The van der Waals surface area contributed by atoms with Crippen molar-refractivity contribution in [2.24, 2.45) is 0 Å². The fraction of sp³-hybridized carbons (Fsp3) is 0.400. The van der Waals surface area contributed by atoms with Gasteiger partial charge in [0.2, 0.25) is 0 Å². The highest BCUT2D eigenvalue weighted by molar-refractivity contribution is 9.10. The lowest BCUT2D eigenvalue weighted by Crippen LogP contribution is -2.16. The molecule has 0 aromatic carbocycles. The average molecular weight is 269 g/mol. The van der Waals surface area contributed by atoms with E-state index in [1.54, 1.807) is 0 Å². The number of hydrogen-bond acceptors (Lipinski definition) is 3. The highest BCUT2D eigenvalue weighted by Gasteiger charge is 2.05. The summed E-state index contributed by atoms with van der Waals surface area (Å²) >= 11 is 3.41. The monoisotopic (exact) mass is 268 g/mol. The lowest BCUT2D eigenvalue weighted by atomic mass is 10.4. The summed E-state index contributed by atoms with van der Waals surface area (Å²) in [4.78, 5) is 2.14. The van der Waals surface area contributed by atoms with E-state index in [9.17, 15) is 0 Å². The van der Waals surface area contributed by atoms with E-state index in [2.05, 4.69) is 45.1 Å². The summed E-state index contributed by atoms with van der Waals surface area (Å²) in [5.41, 5.74) is 0.887. The summed E-state index contributed by atoms with van der Waals surface area (Å²) in [7, 11) is 4.11. The van der Waals surface area contributed by atoms with Gasteiger partial charge in [0.05, 0.1) is 0 Å². The lowest BCUT2D eigenvalue weighted by molar-refractivity contribution is 0.409. The Balaban J connectivity index is 2.29. The smallest absolute Gasteiger partial charge is 0.161 e. The molecule has 0 aliphatic carbocycles. The fourth-order valence-electron chi connectivity index (χ4n) is 1.41. The summed E-state index contributed by atoms with van der Waals surface area (Å²) in [5, 5.41) is 8.30. The van der Waals surface area contributed by atoms with Crippen LogP contribution >= 0.6 is 15.9 Å². The molecule has 0 atom stereocenters. The van der Waals surface area contributed by atoms with Crippen LogP contribution < -0.4 is 0 Å². The van der Waals surface area contributed by atoms with Crippen LogP contribution in [0.4, 0.5) is 0 Å². The first-order chi connectivity index (χ1) is 7.16. The third-order valence-corrected chi connectivity index (χ3v) is 2.72. The fourth-order valence-corrected chi connectivity index (χ4v) is 1.73. The molecule has 0 spiro atoms. The van der Waals surface area contributed by atoms with Crippen LogP contribution in [0.5, 0.6) is 0 Å². The van der Waals surface area contributed by atoms with Crippen molar-refractivity contribution in [1.29, 1.82) is 0 Å². The molecule has 2 rings (SSSR count). The average Bonchev–Trinajstić information content (AvgIpc) is 2.57. The maximum absolute atomic E-state index is 4.17. The molecule has 0 aliphatic heterocycles. The standard InChI is InChI=1S/C10H13BrN4/c1-14(2)5-4-9-12-13-10-7-8(11)3-6-15(9)10/h3,6-7H,4-5H2,1-2H3. The predicted molar refractivity (Wildman–Crippen MR) is 62.9 cm³/mol. The Morgan fingerprint density at radius 3 is 2.93 bits per heavy atom. The summed E-state index contributed by atoms with van der Waals surface area (Å²) in [6, 6.07) is 3.96. The highest BCUT2D eigenvalue weighted by atomic mass is 79.9. The SMILES string of the molecule is CN(C)CCc1nnc2cc(Br)ccn12. The first-order valence-corrected chi connectivity index (χ1v) is 5.60. The van der Waals surface area contributed by atoms with Gasteiger partial charge in [0.1, 0.15) is 5.82 Å². The van der Waals surface area contributed by atoms with E-state index in [0.717, 1.165) is 28.9 Å². The maximum atomic E-state index is 4.17. The van der Waals surface area contributed by atoms with Gasteiger partial charge in [0.15, 0.2) is 5.65 Å². The van der Waals surface area contributed by atoms with Crippen LogP contribution in [0.3, 0.4) is 0 Å². The van der Waals surface area contributed by atoms with Crippen molar-refractivity contribution in [2.75, 3.05) is 20.6 Å². The minimum absolute atomic E-state index is 0.887. The summed E-state index contributed by atoms with van der Waals surface area (Å²) < 4.78 is 3.05. The van der Waals surface area contributed by atoms with Crippen molar-refractivity contribution in [3.8, 4) is 0 Å². The molecular formula is C10H13BrN4. The van der Waals surface area contributed by atoms with E-state index < -0.39 is 0 Å². The summed E-state index contributed by atoms with van der Waals surface area (Å²) in [5.74, 6) is 1.01. The van der Waals surface area contributed by atoms with Gasteiger partial charge in [-0.3, -0.25) is 4.40 Å². The van der Waals surface area contributed by atoms with Crippen LogP contribution in [0.2, 0.25) is 0 Å². The number of fused-ring (bicyclic) bond motifs is 1. The first-order valence-electron chi connectivity index (χ1n) is 4.81. The second-order valence-electron chi connectivity index (χ2n) is 3.74. The second-order valence-corrected chi connectivity index (χ2v) is 4.66. The Kier molecular flexibility index (Phi) is 3.02. The van der Waals surface area contributed by atoms with Gasteiger partial charge in [-0.25, -0.2) is 0 Å². The molecule has 5 heteroatoms. The quantitative estimate of drug-likeness (QED) is 0.848. The molecular weight excluding hydrogens is 256 g/mol. The van der Waals surface area contributed by atoms with Crippen molar-refractivity contribution >= 4 is 21.6 Å². The zero-order valence-corrected chi connectivity index (χ0v) is 10.4. The zero-order chi connectivity index (χ0) is 10.8. The molecule has 2 aromatic rings. The van der Waals surface area contributed by atoms with Crippen LogP contribution in [0.15, 0.2) is 22.8 Å². The van der Waals surface area contributed by atoms with Crippen molar-refractivity contribution in [3.63, 3.8) is 0 Å². The third-order valence-electron chi connectivity index (χ3n) is 2.23. The molecule has 80 valence electrons. The molecule has 0 bridgehead atoms. The summed E-state index contributed by atoms with van der Waals surface area (Å²) in [6.45, 7) is 0.983. The number of nitrogens with zero attached hydrogens (tertiary/aromatic N) is 4. The largest absolute Gasteiger partial charge is 0.309 e. The first kappa shape index (κ1) is 10.6. The normalized spacial score (nSPS) is 11.5. The van der Waals surface area contributed by atoms with Crippen LogP contribution in [0, 0.1) is 0 Å². The number of halogens is 1. The van der Waals surface area contributed by atoms with E-state index in [4.69, 9.17) is 0 Å². The Morgan fingerprint density at radius 2 is 2.20 bits per heavy atom. The molecule has 2 heterocycles. The molecule has 0 aliphatic rings. The highest BCUT2D eigenvalue weighted by Crippen LogP contribution is 2.12. The molecule has 0 N–H and O–H groups in total. The minimum atomic E-state index is 0.887. The van der Waals surface area contributed by atoms with Crippen molar-refractivity contribution in [3.05, 3.63) is 28.6 Å². The van der Waals surface area contributed by atoms with Crippen LogP contribution in [-0.2, 0) is 6.42 Å². The number of rotatable bonds is 3. The van der Waals surface area contributed by atoms with Gasteiger partial charge in [0, 0.05) is 23.6 Å². The molecule has 0 amide bonds. The van der Waals surface area contributed by atoms with Crippen molar-refractivity contribution in [1.82, 2.24) is 19.5 Å². The van der Waals surface area contributed by atoms with E-state index in [-0.39, 0.29) is 0 Å². The van der Waals surface area contributed by atoms with Crippen LogP contribution in [0.1, 0.15) is 5.82 Å². The van der Waals surface area contributed by atoms with Crippen molar-refractivity contribution < 1.29 is 0 Å². The van der Waals surface area contributed by atoms with Gasteiger partial charge >= 0.3 is 0 Å². The molecule has 4 nitrogen and oxygen atoms in total. The van der Waals surface area contributed by atoms with Gasteiger partial charge < -0.3 is 4.90 Å². The number of pyridine rings is 1. The van der Waals surface area contributed by atoms with Crippen molar-refractivity contribution in [2.45, 2.75) is 6.42 Å². The predicted octanol–water partition coefficient (Wildman–Crippen LogP) is 1.60. The Bertz CT molecular complexity index is 463. The zero-order valence-electron chi connectivity index (χ0n) is 8.81.